The van der Waals surface area contributed by atoms with Crippen LogP contribution < -0.4 is 10.5 Å². The summed E-state index contributed by atoms with van der Waals surface area (Å²) < 4.78 is 16.1. The van der Waals surface area contributed by atoms with Crippen molar-refractivity contribution in [3.8, 4) is 5.75 Å². The Kier molecular flexibility index (Phi) is 4.84. The third-order valence-electron chi connectivity index (χ3n) is 1.36. The number of alkyl halides is 1. The summed E-state index contributed by atoms with van der Waals surface area (Å²) in [6.45, 7) is -0.879. The van der Waals surface area contributed by atoms with E-state index in [0.717, 1.165) is 0 Å². The Morgan fingerprint density at radius 3 is 2.31 bits per heavy atom. The number of hydrogen-bond acceptors (Lipinski definition) is 2. The molecule has 0 fully saturated rings. The predicted molar refractivity (Wildman–Crippen MR) is 48.8 cm³/mol. The molecule has 72 valence electrons. The standard InChI is InChI=1S/C8H8FNO2.ClH/c9-5-12-7-3-1-6(2-4-7)8(10)11;/h1-4H,5H2,(H2,10,11);1H. The molecule has 0 saturated heterocycles. The summed E-state index contributed by atoms with van der Waals surface area (Å²) in [7, 11) is 0. The van der Waals surface area contributed by atoms with Gasteiger partial charge in [0.25, 0.3) is 0 Å². The van der Waals surface area contributed by atoms with Gasteiger partial charge in [-0.05, 0) is 24.3 Å². The normalized spacial score (nSPS) is 8.69. The lowest BCUT2D eigenvalue weighted by molar-refractivity contribution is 0.100. The molecule has 0 aliphatic carbocycles. The molecule has 5 heteroatoms. The number of carbonyl (C=O) groups is 1. The van der Waals surface area contributed by atoms with Crippen LogP contribution in [0.2, 0.25) is 0 Å². The first-order chi connectivity index (χ1) is 5.74. The van der Waals surface area contributed by atoms with Gasteiger partial charge in [-0.2, -0.15) is 0 Å². The number of rotatable bonds is 3. The van der Waals surface area contributed by atoms with E-state index in [1.165, 1.54) is 24.3 Å². The minimum Gasteiger partial charge on any atom is -0.463 e. The fourth-order valence-electron chi connectivity index (χ4n) is 0.778. The number of nitrogens with two attached hydrogens (primary N) is 1. The molecule has 1 aromatic carbocycles. The smallest absolute Gasteiger partial charge is 0.248 e. The molecule has 0 aromatic heterocycles. The third kappa shape index (κ3) is 3.29. The first-order valence-electron chi connectivity index (χ1n) is 3.32. The van der Waals surface area contributed by atoms with E-state index in [2.05, 4.69) is 4.74 Å². The van der Waals surface area contributed by atoms with Crippen molar-refractivity contribution in [1.29, 1.82) is 0 Å². The van der Waals surface area contributed by atoms with Crippen molar-refractivity contribution in [3.05, 3.63) is 29.8 Å². The molecule has 1 amide bonds. The Balaban J connectivity index is 0.00000144. The molecule has 13 heavy (non-hydrogen) atoms. The lowest BCUT2D eigenvalue weighted by Crippen LogP contribution is -2.10. The quantitative estimate of drug-likeness (QED) is 0.813. The van der Waals surface area contributed by atoms with Crippen molar-refractivity contribution in [2.75, 3.05) is 6.86 Å². The molecule has 1 aromatic rings. The van der Waals surface area contributed by atoms with Gasteiger partial charge in [-0.15, -0.1) is 12.4 Å². The third-order valence-corrected chi connectivity index (χ3v) is 1.36. The van der Waals surface area contributed by atoms with E-state index in [4.69, 9.17) is 5.73 Å². The van der Waals surface area contributed by atoms with Gasteiger partial charge in [-0.1, -0.05) is 0 Å². The van der Waals surface area contributed by atoms with Crippen molar-refractivity contribution < 1.29 is 13.9 Å². The highest BCUT2D eigenvalue weighted by Gasteiger charge is 1.99. The van der Waals surface area contributed by atoms with Gasteiger partial charge in [0.2, 0.25) is 12.8 Å². The second-order valence-electron chi connectivity index (χ2n) is 2.14. The second kappa shape index (κ2) is 5.37. The van der Waals surface area contributed by atoms with E-state index < -0.39 is 12.8 Å². The van der Waals surface area contributed by atoms with Gasteiger partial charge >= 0.3 is 0 Å². The molecule has 0 bridgehead atoms. The van der Waals surface area contributed by atoms with Crippen LogP contribution in [0.3, 0.4) is 0 Å². The summed E-state index contributed by atoms with van der Waals surface area (Å²) in [5.74, 6) is -0.135. The number of carbonyl (C=O) groups excluding carboxylic acids is 1. The largest absolute Gasteiger partial charge is 0.463 e. The van der Waals surface area contributed by atoms with Gasteiger partial charge in [0.05, 0.1) is 0 Å². The Bertz CT molecular complexity index is 276. The minimum absolute atomic E-state index is 0. The summed E-state index contributed by atoms with van der Waals surface area (Å²) in [4.78, 5) is 10.6. The summed E-state index contributed by atoms with van der Waals surface area (Å²) in [6.07, 6.45) is 0. The molecule has 2 N–H and O–H groups in total. The van der Waals surface area contributed by atoms with Crippen LogP contribution >= 0.6 is 12.4 Å². The van der Waals surface area contributed by atoms with Crippen LogP contribution in [-0.4, -0.2) is 12.8 Å². The van der Waals surface area contributed by atoms with Gasteiger partial charge in [-0.25, -0.2) is 4.39 Å². The van der Waals surface area contributed by atoms with E-state index >= 15 is 0 Å². The molecular weight excluding hydrogens is 197 g/mol. The zero-order chi connectivity index (χ0) is 8.97. The molecule has 0 atom stereocenters. The molecule has 1 rings (SSSR count). The van der Waals surface area contributed by atoms with Crippen LogP contribution in [0.15, 0.2) is 24.3 Å². The fourth-order valence-corrected chi connectivity index (χ4v) is 0.778. The molecular formula is C8H9ClFNO2. The van der Waals surface area contributed by atoms with Gasteiger partial charge < -0.3 is 10.5 Å². The van der Waals surface area contributed by atoms with E-state index in [0.29, 0.717) is 11.3 Å². The fraction of sp³-hybridized carbons (Fsp3) is 0.125. The molecule has 0 spiro atoms. The van der Waals surface area contributed by atoms with E-state index in [9.17, 15) is 9.18 Å². The maximum absolute atomic E-state index is 11.6. The Labute approximate surface area is 81.1 Å². The van der Waals surface area contributed by atoms with Crippen molar-refractivity contribution in [2.24, 2.45) is 5.73 Å². The van der Waals surface area contributed by atoms with Gasteiger partial charge in [-0.3, -0.25) is 4.79 Å². The van der Waals surface area contributed by atoms with Crippen LogP contribution in [0.25, 0.3) is 0 Å². The number of halogens is 2. The Hall–Kier alpha value is -1.29. The van der Waals surface area contributed by atoms with Crippen molar-refractivity contribution >= 4 is 18.3 Å². The molecule has 0 radical (unpaired) electrons. The van der Waals surface area contributed by atoms with E-state index in [1.807, 2.05) is 0 Å². The number of primary amides is 1. The molecule has 0 saturated carbocycles. The maximum atomic E-state index is 11.6. The zero-order valence-electron chi connectivity index (χ0n) is 6.70. The van der Waals surface area contributed by atoms with Crippen molar-refractivity contribution in [1.82, 2.24) is 0 Å². The highest BCUT2D eigenvalue weighted by molar-refractivity contribution is 5.92. The van der Waals surface area contributed by atoms with Crippen LogP contribution in [0.4, 0.5) is 4.39 Å². The van der Waals surface area contributed by atoms with Crippen LogP contribution in [0.1, 0.15) is 10.4 Å². The van der Waals surface area contributed by atoms with Gasteiger partial charge in [0.1, 0.15) is 5.75 Å². The number of hydrogen-bond donors (Lipinski definition) is 1. The van der Waals surface area contributed by atoms with E-state index in [-0.39, 0.29) is 12.4 Å². The summed E-state index contributed by atoms with van der Waals surface area (Å²) >= 11 is 0. The summed E-state index contributed by atoms with van der Waals surface area (Å²) in [5.41, 5.74) is 5.36. The van der Waals surface area contributed by atoms with Gasteiger partial charge in [0.15, 0.2) is 0 Å². The lowest BCUT2D eigenvalue weighted by Gasteiger charge is -2.00. The highest BCUT2D eigenvalue weighted by Crippen LogP contribution is 2.11. The predicted octanol–water partition coefficient (Wildman–Crippen LogP) is 1.51. The topological polar surface area (TPSA) is 52.3 Å². The SMILES string of the molecule is Cl.NC(=O)c1ccc(OCF)cc1. The van der Waals surface area contributed by atoms with Crippen LogP contribution in [-0.2, 0) is 0 Å². The first-order valence-corrected chi connectivity index (χ1v) is 3.32. The first kappa shape index (κ1) is 11.7. The Morgan fingerprint density at radius 2 is 1.92 bits per heavy atom. The Morgan fingerprint density at radius 1 is 1.38 bits per heavy atom. The average molecular weight is 206 g/mol. The molecule has 0 aliphatic rings. The molecule has 3 nitrogen and oxygen atoms in total. The number of ether oxygens (including phenoxy) is 1. The number of amides is 1. The van der Waals surface area contributed by atoms with Gasteiger partial charge in [0, 0.05) is 5.56 Å². The average Bonchev–Trinajstić information content (AvgIpc) is 2.06. The second-order valence-corrected chi connectivity index (χ2v) is 2.14. The lowest BCUT2D eigenvalue weighted by atomic mass is 10.2. The minimum atomic E-state index is -0.879. The molecule has 0 unspecified atom stereocenters. The number of benzene rings is 1. The summed E-state index contributed by atoms with van der Waals surface area (Å²) in [5, 5.41) is 0. The molecule has 0 aliphatic heterocycles. The van der Waals surface area contributed by atoms with Crippen molar-refractivity contribution in [2.45, 2.75) is 0 Å². The van der Waals surface area contributed by atoms with Crippen LogP contribution in [0.5, 0.6) is 5.75 Å². The molecule has 0 heterocycles. The van der Waals surface area contributed by atoms with E-state index in [1.54, 1.807) is 0 Å². The highest BCUT2D eigenvalue weighted by atomic mass is 35.5. The maximum Gasteiger partial charge on any atom is 0.248 e. The van der Waals surface area contributed by atoms with Crippen molar-refractivity contribution in [3.63, 3.8) is 0 Å². The van der Waals surface area contributed by atoms with Crippen LogP contribution in [0, 0.1) is 0 Å². The zero-order valence-corrected chi connectivity index (χ0v) is 7.51. The summed E-state index contributed by atoms with van der Waals surface area (Å²) in [6, 6.07) is 5.93. The monoisotopic (exact) mass is 205 g/mol.